The first-order chi connectivity index (χ1) is 11.5. The summed E-state index contributed by atoms with van der Waals surface area (Å²) in [7, 11) is -3.63. The maximum atomic E-state index is 12.6. The van der Waals surface area contributed by atoms with E-state index in [0.29, 0.717) is 10.2 Å². The number of sulfonamides is 1. The van der Waals surface area contributed by atoms with E-state index in [-0.39, 0.29) is 4.90 Å². The standard InChI is InChI=1S/C19H14BrNO2S/c20-18-7-3-4-8-19(18)24(22,23)21-15-9-10-17-14(12-15)11-13-5-1-2-6-16(13)17/h1-10,12,21H,11H2. The van der Waals surface area contributed by atoms with Crippen molar-refractivity contribution in [3.8, 4) is 11.1 Å². The summed E-state index contributed by atoms with van der Waals surface area (Å²) in [5.74, 6) is 0. The van der Waals surface area contributed by atoms with Crippen LogP contribution in [0.15, 0.2) is 76.1 Å². The van der Waals surface area contributed by atoms with E-state index in [0.717, 1.165) is 12.0 Å². The molecule has 0 bridgehead atoms. The van der Waals surface area contributed by atoms with Crippen LogP contribution in [0.25, 0.3) is 11.1 Å². The molecule has 1 N–H and O–H groups in total. The van der Waals surface area contributed by atoms with E-state index in [2.05, 4.69) is 32.8 Å². The van der Waals surface area contributed by atoms with Crippen molar-refractivity contribution in [2.75, 3.05) is 4.72 Å². The Balaban J connectivity index is 1.68. The second-order valence-electron chi connectivity index (χ2n) is 5.74. The van der Waals surface area contributed by atoms with Gasteiger partial charge >= 0.3 is 0 Å². The summed E-state index contributed by atoms with van der Waals surface area (Å²) in [5, 5.41) is 0. The molecule has 0 saturated carbocycles. The van der Waals surface area contributed by atoms with Crippen molar-refractivity contribution in [1.29, 1.82) is 0 Å². The SMILES string of the molecule is O=S(=O)(Nc1ccc2c(c1)Cc1ccccc1-2)c1ccccc1Br. The molecule has 3 nitrogen and oxygen atoms in total. The molecule has 24 heavy (non-hydrogen) atoms. The van der Waals surface area contributed by atoms with Gasteiger partial charge in [-0.2, -0.15) is 0 Å². The van der Waals surface area contributed by atoms with E-state index in [1.165, 1.54) is 16.7 Å². The van der Waals surface area contributed by atoms with Crippen molar-refractivity contribution in [3.63, 3.8) is 0 Å². The molecule has 0 amide bonds. The summed E-state index contributed by atoms with van der Waals surface area (Å²) < 4.78 is 28.4. The average molecular weight is 400 g/mol. The Bertz CT molecular complexity index is 1040. The second kappa shape index (κ2) is 5.76. The highest BCUT2D eigenvalue weighted by molar-refractivity contribution is 9.10. The molecule has 0 atom stereocenters. The highest BCUT2D eigenvalue weighted by Crippen LogP contribution is 2.38. The van der Waals surface area contributed by atoms with Crippen LogP contribution < -0.4 is 4.72 Å². The molecule has 0 unspecified atom stereocenters. The summed E-state index contributed by atoms with van der Waals surface area (Å²) in [6.07, 6.45) is 0.829. The molecule has 0 aromatic heterocycles. The third kappa shape index (κ3) is 2.64. The van der Waals surface area contributed by atoms with E-state index >= 15 is 0 Å². The van der Waals surface area contributed by atoms with E-state index in [9.17, 15) is 8.42 Å². The van der Waals surface area contributed by atoms with Gasteiger partial charge in [0.15, 0.2) is 0 Å². The number of halogens is 1. The zero-order chi connectivity index (χ0) is 16.7. The topological polar surface area (TPSA) is 46.2 Å². The Hall–Kier alpha value is -2.11. The van der Waals surface area contributed by atoms with Crippen LogP contribution in [-0.4, -0.2) is 8.42 Å². The van der Waals surface area contributed by atoms with Gasteiger partial charge in [0.2, 0.25) is 0 Å². The van der Waals surface area contributed by atoms with Gasteiger partial charge in [0, 0.05) is 10.2 Å². The summed E-state index contributed by atoms with van der Waals surface area (Å²) >= 11 is 3.30. The van der Waals surface area contributed by atoms with E-state index in [1.54, 1.807) is 24.3 Å². The molecule has 4 rings (SSSR count). The van der Waals surface area contributed by atoms with Gasteiger partial charge in [-0.3, -0.25) is 4.72 Å². The molecule has 0 spiro atoms. The Morgan fingerprint density at radius 3 is 2.38 bits per heavy atom. The van der Waals surface area contributed by atoms with Gasteiger partial charge < -0.3 is 0 Å². The van der Waals surface area contributed by atoms with Crippen molar-refractivity contribution < 1.29 is 8.42 Å². The lowest BCUT2D eigenvalue weighted by atomic mass is 10.1. The van der Waals surface area contributed by atoms with Crippen LogP contribution in [0.5, 0.6) is 0 Å². The number of anilines is 1. The third-order valence-corrected chi connectivity index (χ3v) is 6.57. The van der Waals surface area contributed by atoms with Gasteiger partial charge in [0.05, 0.1) is 0 Å². The Morgan fingerprint density at radius 2 is 1.54 bits per heavy atom. The molecule has 0 radical (unpaired) electrons. The normalized spacial score (nSPS) is 12.5. The zero-order valence-corrected chi connectivity index (χ0v) is 15.1. The van der Waals surface area contributed by atoms with E-state index < -0.39 is 10.0 Å². The lowest BCUT2D eigenvalue weighted by Gasteiger charge is -2.11. The summed E-state index contributed by atoms with van der Waals surface area (Å²) in [5.41, 5.74) is 5.40. The van der Waals surface area contributed by atoms with Gasteiger partial charge in [-0.1, -0.05) is 42.5 Å². The van der Waals surface area contributed by atoms with Gasteiger partial charge in [-0.05, 0) is 68.9 Å². The number of hydrogen-bond acceptors (Lipinski definition) is 2. The highest BCUT2D eigenvalue weighted by atomic mass is 79.9. The molecule has 0 fully saturated rings. The first-order valence-corrected chi connectivity index (χ1v) is 9.81. The maximum Gasteiger partial charge on any atom is 0.263 e. The van der Waals surface area contributed by atoms with Gasteiger partial charge in [-0.15, -0.1) is 0 Å². The first kappa shape index (κ1) is 15.4. The van der Waals surface area contributed by atoms with Crippen LogP contribution >= 0.6 is 15.9 Å². The van der Waals surface area contributed by atoms with Crippen molar-refractivity contribution >= 4 is 31.6 Å². The molecule has 0 saturated heterocycles. The van der Waals surface area contributed by atoms with Crippen LogP contribution in [0.1, 0.15) is 11.1 Å². The van der Waals surface area contributed by atoms with Gasteiger partial charge in [-0.25, -0.2) is 8.42 Å². The molecule has 0 aliphatic heterocycles. The highest BCUT2D eigenvalue weighted by Gasteiger charge is 2.21. The number of benzene rings is 3. The minimum absolute atomic E-state index is 0.230. The van der Waals surface area contributed by atoms with Crippen molar-refractivity contribution in [2.45, 2.75) is 11.3 Å². The minimum Gasteiger partial charge on any atom is -0.280 e. The number of hydrogen-bond donors (Lipinski definition) is 1. The molecule has 3 aromatic carbocycles. The van der Waals surface area contributed by atoms with Gasteiger partial charge in [0.25, 0.3) is 10.0 Å². The van der Waals surface area contributed by atoms with Crippen molar-refractivity contribution in [2.24, 2.45) is 0 Å². The molecule has 0 heterocycles. The van der Waals surface area contributed by atoms with Gasteiger partial charge in [0.1, 0.15) is 4.90 Å². The smallest absolute Gasteiger partial charge is 0.263 e. The molecule has 3 aromatic rings. The van der Waals surface area contributed by atoms with Crippen molar-refractivity contribution in [3.05, 3.63) is 82.3 Å². The fourth-order valence-corrected chi connectivity index (χ4v) is 5.14. The molecular weight excluding hydrogens is 386 g/mol. The van der Waals surface area contributed by atoms with E-state index in [4.69, 9.17) is 0 Å². The van der Waals surface area contributed by atoms with Crippen LogP contribution in [0.4, 0.5) is 5.69 Å². The van der Waals surface area contributed by atoms with Crippen LogP contribution in [0, 0.1) is 0 Å². The summed E-state index contributed by atoms with van der Waals surface area (Å²) in [6, 6.07) is 20.8. The molecule has 120 valence electrons. The average Bonchev–Trinajstić information content (AvgIpc) is 2.92. The quantitative estimate of drug-likeness (QED) is 0.536. The number of fused-ring (bicyclic) bond motifs is 3. The Kier molecular flexibility index (Phi) is 3.70. The maximum absolute atomic E-state index is 12.6. The van der Waals surface area contributed by atoms with Crippen LogP contribution in [0.2, 0.25) is 0 Å². The molecule has 1 aliphatic rings. The second-order valence-corrected chi connectivity index (χ2v) is 8.25. The summed E-state index contributed by atoms with van der Waals surface area (Å²) in [4.78, 5) is 0.230. The first-order valence-electron chi connectivity index (χ1n) is 7.53. The Labute approximate surface area is 149 Å². The third-order valence-electron chi connectivity index (χ3n) is 4.17. The largest absolute Gasteiger partial charge is 0.280 e. The van der Waals surface area contributed by atoms with Crippen LogP contribution in [-0.2, 0) is 16.4 Å². The fraction of sp³-hybridized carbons (Fsp3) is 0.0526. The zero-order valence-electron chi connectivity index (χ0n) is 12.7. The summed E-state index contributed by atoms with van der Waals surface area (Å²) in [6.45, 7) is 0. The number of nitrogens with one attached hydrogen (secondary N) is 1. The van der Waals surface area contributed by atoms with E-state index in [1.807, 2.05) is 30.3 Å². The van der Waals surface area contributed by atoms with Crippen molar-refractivity contribution in [1.82, 2.24) is 0 Å². The number of rotatable bonds is 3. The monoisotopic (exact) mass is 399 g/mol. The Morgan fingerprint density at radius 1 is 0.833 bits per heavy atom. The lowest BCUT2D eigenvalue weighted by Crippen LogP contribution is -2.13. The fourth-order valence-electron chi connectivity index (χ4n) is 3.08. The molecular formula is C19H14BrNO2S. The van der Waals surface area contributed by atoms with Crippen LogP contribution in [0.3, 0.4) is 0 Å². The predicted octanol–water partition coefficient (Wildman–Crippen LogP) is 4.82. The lowest BCUT2D eigenvalue weighted by molar-refractivity contribution is 0.601. The minimum atomic E-state index is -3.63. The molecule has 1 aliphatic carbocycles. The predicted molar refractivity (Wildman–Crippen MR) is 99.6 cm³/mol. The molecule has 5 heteroatoms.